The van der Waals surface area contributed by atoms with Gasteiger partial charge in [0.15, 0.2) is 0 Å². The van der Waals surface area contributed by atoms with Crippen molar-refractivity contribution in [2.24, 2.45) is 5.73 Å². The molecule has 1 atom stereocenters. The number of aryl methyl sites for hydroxylation is 1. The molecule has 0 radical (unpaired) electrons. The van der Waals surface area contributed by atoms with Crippen LogP contribution < -0.4 is 11.1 Å². The van der Waals surface area contributed by atoms with Crippen LogP contribution in [0.3, 0.4) is 0 Å². The summed E-state index contributed by atoms with van der Waals surface area (Å²) in [6.07, 6.45) is 0.794. The molecule has 3 rings (SSSR count). The normalized spacial score (nSPS) is 12.1. The summed E-state index contributed by atoms with van der Waals surface area (Å²) in [6, 6.07) is 4.12. The highest BCUT2D eigenvalue weighted by atomic mass is 32.1. The Labute approximate surface area is 142 Å². The molecule has 0 aliphatic carbocycles. The number of anilines is 1. The van der Waals surface area contributed by atoms with Crippen LogP contribution in [0.5, 0.6) is 0 Å². The number of aromatic nitrogens is 1. The van der Waals surface area contributed by atoms with Crippen LogP contribution in [-0.4, -0.2) is 10.4 Å². The summed E-state index contributed by atoms with van der Waals surface area (Å²) >= 11 is 5.09. The zero-order valence-electron chi connectivity index (χ0n) is 12.5. The Balaban J connectivity index is 1.82. The molecule has 0 spiro atoms. The number of hydrogen-bond donors (Lipinski definition) is 2. The maximum atomic E-state index is 6.04. The SMILES string of the molecule is CC#C[C@H](N)Cc1sc2c(NCc3cccs3)snc2c1C. The predicted octanol–water partition coefficient (Wildman–Crippen LogP) is 4.23. The standard InChI is InChI=1S/C16H17N3S3/c1-3-5-11(17)8-13-10(2)14-15(21-13)16(22-19-14)18-9-12-6-4-7-20-12/h4,6-7,11,18H,8-9,17H2,1-2H3/t11-/m0/s1. The molecule has 0 fully saturated rings. The second kappa shape index (κ2) is 6.80. The molecule has 3 N–H and O–H groups in total. The van der Waals surface area contributed by atoms with E-state index in [-0.39, 0.29) is 6.04 Å². The monoisotopic (exact) mass is 347 g/mol. The molecule has 22 heavy (non-hydrogen) atoms. The van der Waals surface area contributed by atoms with E-state index in [9.17, 15) is 0 Å². The van der Waals surface area contributed by atoms with Crippen molar-refractivity contribution < 1.29 is 0 Å². The average Bonchev–Trinajstić information content (AvgIpc) is 3.18. The van der Waals surface area contributed by atoms with Crippen LogP contribution in [0.1, 0.15) is 22.2 Å². The summed E-state index contributed by atoms with van der Waals surface area (Å²) in [5.74, 6) is 5.91. The quantitative estimate of drug-likeness (QED) is 0.679. The van der Waals surface area contributed by atoms with Gasteiger partial charge in [-0.15, -0.1) is 28.6 Å². The van der Waals surface area contributed by atoms with Crippen LogP contribution >= 0.6 is 34.2 Å². The number of hydrogen-bond acceptors (Lipinski definition) is 6. The summed E-state index contributed by atoms with van der Waals surface area (Å²) in [7, 11) is 0. The van der Waals surface area contributed by atoms with Gasteiger partial charge in [0, 0.05) is 16.2 Å². The third-order valence-corrected chi connectivity index (χ3v) is 6.52. The second-order valence-electron chi connectivity index (χ2n) is 4.98. The van der Waals surface area contributed by atoms with Crippen LogP contribution in [0.2, 0.25) is 0 Å². The largest absolute Gasteiger partial charge is 0.370 e. The summed E-state index contributed by atoms with van der Waals surface area (Å²) in [6.45, 7) is 4.80. The van der Waals surface area contributed by atoms with Crippen molar-refractivity contribution in [3.63, 3.8) is 0 Å². The average molecular weight is 348 g/mol. The van der Waals surface area contributed by atoms with Crippen molar-refractivity contribution in [2.75, 3.05) is 5.32 Å². The fraction of sp³-hybridized carbons (Fsp3) is 0.312. The van der Waals surface area contributed by atoms with E-state index in [4.69, 9.17) is 5.73 Å². The van der Waals surface area contributed by atoms with E-state index in [1.165, 1.54) is 31.6 Å². The van der Waals surface area contributed by atoms with E-state index in [0.29, 0.717) is 0 Å². The van der Waals surface area contributed by atoms with Crippen molar-refractivity contribution >= 4 is 49.4 Å². The van der Waals surface area contributed by atoms with Gasteiger partial charge in [0.05, 0.1) is 17.3 Å². The highest BCUT2D eigenvalue weighted by Crippen LogP contribution is 2.39. The van der Waals surface area contributed by atoms with Gasteiger partial charge in [-0.2, -0.15) is 4.37 Å². The van der Waals surface area contributed by atoms with Crippen molar-refractivity contribution in [1.29, 1.82) is 0 Å². The Kier molecular flexibility index (Phi) is 4.79. The lowest BCUT2D eigenvalue weighted by atomic mass is 10.1. The lowest BCUT2D eigenvalue weighted by Gasteiger charge is -2.03. The van der Waals surface area contributed by atoms with E-state index in [0.717, 1.165) is 23.5 Å². The van der Waals surface area contributed by atoms with Gasteiger partial charge in [0.1, 0.15) is 10.5 Å². The minimum Gasteiger partial charge on any atom is -0.370 e. The zero-order chi connectivity index (χ0) is 15.5. The van der Waals surface area contributed by atoms with Crippen LogP contribution in [0.25, 0.3) is 10.2 Å². The van der Waals surface area contributed by atoms with Gasteiger partial charge in [0.25, 0.3) is 0 Å². The van der Waals surface area contributed by atoms with Crippen molar-refractivity contribution in [3.8, 4) is 11.8 Å². The number of thiophene rings is 2. The molecule has 3 aromatic heterocycles. The molecule has 3 nitrogen and oxygen atoms in total. The molecular weight excluding hydrogens is 330 g/mol. The molecule has 0 aliphatic heterocycles. The van der Waals surface area contributed by atoms with E-state index in [2.05, 4.69) is 46.0 Å². The Morgan fingerprint density at radius 1 is 1.45 bits per heavy atom. The van der Waals surface area contributed by atoms with Crippen LogP contribution in [-0.2, 0) is 13.0 Å². The number of rotatable bonds is 5. The first kappa shape index (κ1) is 15.5. The second-order valence-corrected chi connectivity index (χ2v) is 7.89. The number of nitrogens with two attached hydrogens (primary N) is 1. The van der Waals surface area contributed by atoms with Gasteiger partial charge in [-0.05, 0) is 42.4 Å². The van der Waals surface area contributed by atoms with E-state index >= 15 is 0 Å². The van der Waals surface area contributed by atoms with Gasteiger partial charge in [-0.1, -0.05) is 12.0 Å². The highest BCUT2D eigenvalue weighted by molar-refractivity contribution is 7.24. The van der Waals surface area contributed by atoms with Crippen LogP contribution in [0.15, 0.2) is 17.5 Å². The minimum absolute atomic E-state index is 0.0994. The van der Waals surface area contributed by atoms with Gasteiger partial charge in [-0.25, -0.2) is 0 Å². The fourth-order valence-electron chi connectivity index (χ4n) is 2.27. The molecule has 114 valence electrons. The maximum Gasteiger partial charge on any atom is 0.127 e. The lowest BCUT2D eigenvalue weighted by molar-refractivity contribution is 0.843. The van der Waals surface area contributed by atoms with Gasteiger partial charge in [0.2, 0.25) is 0 Å². The molecule has 0 aromatic carbocycles. The van der Waals surface area contributed by atoms with Gasteiger partial charge < -0.3 is 11.1 Å². The molecule has 0 amide bonds. The molecule has 0 aliphatic rings. The topological polar surface area (TPSA) is 50.9 Å². The summed E-state index contributed by atoms with van der Waals surface area (Å²) in [5.41, 5.74) is 8.39. The van der Waals surface area contributed by atoms with Crippen molar-refractivity contribution in [3.05, 3.63) is 32.8 Å². The third-order valence-electron chi connectivity index (χ3n) is 3.39. The predicted molar refractivity (Wildman–Crippen MR) is 99.0 cm³/mol. The first-order valence-electron chi connectivity index (χ1n) is 7.00. The van der Waals surface area contributed by atoms with Crippen LogP contribution in [0, 0.1) is 18.8 Å². The molecule has 0 saturated carbocycles. The van der Waals surface area contributed by atoms with Gasteiger partial charge in [-0.3, -0.25) is 0 Å². The molecule has 0 bridgehead atoms. The van der Waals surface area contributed by atoms with E-state index in [1.807, 2.05) is 6.92 Å². The number of nitrogens with one attached hydrogen (secondary N) is 1. The minimum atomic E-state index is -0.0994. The Bertz CT molecular complexity index is 818. The maximum absolute atomic E-state index is 6.04. The lowest BCUT2D eigenvalue weighted by Crippen LogP contribution is -2.20. The smallest absolute Gasteiger partial charge is 0.127 e. The number of nitrogens with zero attached hydrogens (tertiary/aromatic N) is 1. The molecule has 6 heteroatoms. The van der Waals surface area contributed by atoms with E-state index in [1.54, 1.807) is 22.7 Å². The summed E-state index contributed by atoms with van der Waals surface area (Å²) in [5, 5.41) is 6.76. The van der Waals surface area contributed by atoms with Gasteiger partial charge >= 0.3 is 0 Å². The summed E-state index contributed by atoms with van der Waals surface area (Å²) in [4.78, 5) is 2.62. The third kappa shape index (κ3) is 3.18. The molecular formula is C16H17N3S3. The molecule has 3 heterocycles. The Morgan fingerprint density at radius 2 is 2.32 bits per heavy atom. The fourth-order valence-corrected chi connectivity index (χ4v) is 5.16. The Morgan fingerprint density at radius 3 is 3.05 bits per heavy atom. The zero-order valence-corrected chi connectivity index (χ0v) is 14.9. The molecule has 3 aromatic rings. The first-order chi connectivity index (χ1) is 10.7. The molecule has 0 saturated heterocycles. The molecule has 0 unspecified atom stereocenters. The van der Waals surface area contributed by atoms with Crippen molar-refractivity contribution in [1.82, 2.24) is 4.37 Å². The summed E-state index contributed by atoms with van der Waals surface area (Å²) < 4.78 is 5.85. The number of fused-ring (bicyclic) bond motifs is 1. The first-order valence-corrected chi connectivity index (χ1v) is 9.47. The Hall–Kier alpha value is -1.39. The van der Waals surface area contributed by atoms with Crippen molar-refractivity contribution in [2.45, 2.75) is 32.9 Å². The highest BCUT2D eigenvalue weighted by Gasteiger charge is 2.16. The van der Waals surface area contributed by atoms with E-state index < -0.39 is 0 Å². The van der Waals surface area contributed by atoms with Crippen LogP contribution in [0.4, 0.5) is 5.00 Å².